The van der Waals surface area contributed by atoms with Gasteiger partial charge < -0.3 is 20.4 Å². The standard InChI is InChI=1S/C17H23BrN2O4/c18-14-7-5-12(6-8-14)16(23)13-3-2-10-20(11-13)17(24)19-9-1-4-15(21)22/h5-8,13,16,23H,1-4,9-11H2,(H,19,24)(H,21,22). The molecule has 0 aromatic heterocycles. The smallest absolute Gasteiger partial charge is 0.317 e. The van der Waals surface area contributed by atoms with E-state index in [0.717, 1.165) is 22.9 Å². The molecule has 1 aliphatic rings. The Bertz CT molecular complexity index is 564. The van der Waals surface area contributed by atoms with Crippen LogP contribution in [0.5, 0.6) is 0 Å². The van der Waals surface area contributed by atoms with Crippen LogP contribution in [0.4, 0.5) is 4.79 Å². The number of aliphatic hydroxyl groups is 1. The summed E-state index contributed by atoms with van der Waals surface area (Å²) in [6, 6.07) is 7.38. The van der Waals surface area contributed by atoms with Crippen molar-refractivity contribution in [1.29, 1.82) is 0 Å². The van der Waals surface area contributed by atoms with Crippen molar-refractivity contribution in [1.82, 2.24) is 10.2 Å². The first-order chi connectivity index (χ1) is 11.5. The SMILES string of the molecule is O=C(O)CCCNC(=O)N1CCCC(C(O)c2ccc(Br)cc2)C1. The van der Waals surface area contributed by atoms with E-state index in [2.05, 4.69) is 21.2 Å². The van der Waals surface area contributed by atoms with Crippen molar-refractivity contribution in [2.24, 2.45) is 5.92 Å². The summed E-state index contributed by atoms with van der Waals surface area (Å²) >= 11 is 3.38. The molecule has 6 nitrogen and oxygen atoms in total. The number of amides is 2. The second kappa shape index (κ2) is 9.03. The number of piperidine rings is 1. The Morgan fingerprint density at radius 3 is 2.71 bits per heavy atom. The molecule has 1 heterocycles. The highest BCUT2D eigenvalue weighted by molar-refractivity contribution is 9.10. The molecule has 0 aliphatic carbocycles. The maximum absolute atomic E-state index is 12.2. The number of likely N-dealkylation sites (tertiary alicyclic amines) is 1. The number of carbonyl (C=O) groups is 2. The van der Waals surface area contributed by atoms with Gasteiger partial charge in [-0.15, -0.1) is 0 Å². The third-order valence-corrected chi connectivity index (χ3v) is 4.78. The summed E-state index contributed by atoms with van der Waals surface area (Å²) in [5.41, 5.74) is 0.854. The third kappa shape index (κ3) is 5.49. The van der Waals surface area contributed by atoms with Gasteiger partial charge in [0.25, 0.3) is 0 Å². The Kier molecular flexibility index (Phi) is 7.05. The first-order valence-corrected chi connectivity index (χ1v) is 8.95. The van der Waals surface area contributed by atoms with Crippen molar-refractivity contribution >= 4 is 27.9 Å². The van der Waals surface area contributed by atoms with Crippen molar-refractivity contribution in [3.8, 4) is 0 Å². The number of benzene rings is 1. The van der Waals surface area contributed by atoms with Crippen LogP contribution in [0.3, 0.4) is 0 Å². The van der Waals surface area contributed by atoms with Gasteiger partial charge in [-0.05, 0) is 37.0 Å². The normalized spacial score (nSPS) is 18.9. The van der Waals surface area contributed by atoms with E-state index in [1.807, 2.05) is 24.3 Å². The lowest BCUT2D eigenvalue weighted by molar-refractivity contribution is -0.137. The predicted molar refractivity (Wildman–Crippen MR) is 93.7 cm³/mol. The van der Waals surface area contributed by atoms with Crippen LogP contribution >= 0.6 is 15.9 Å². The number of carbonyl (C=O) groups excluding carboxylic acids is 1. The number of nitrogens with zero attached hydrogens (tertiary/aromatic N) is 1. The van der Waals surface area contributed by atoms with E-state index in [4.69, 9.17) is 5.11 Å². The summed E-state index contributed by atoms with van der Waals surface area (Å²) in [6.45, 7) is 1.51. The highest BCUT2D eigenvalue weighted by Crippen LogP contribution is 2.30. The molecule has 1 saturated heterocycles. The predicted octanol–water partition coefficient (Wildman–Crippen LogP) is 2.77. The zero-order valence-corrected chi connectivity index (χ0v) is 15.0. The zero-order chi connectivity index (χ0) is 17.5. The van der Waals surface area contributed by atoms with Gasteiger partial charge in [-0.2, -0.15) is 0 Å². The van der Waals surface area contributed by atoms with Crippen LogP contribution in [0.2, 0.25) is 0 Å². The highest BCUT2D eigenvalue weighted by atomic mass is 79.9. The summed E-state index contributed by atoms with van der Waals surface area (Å²) in [7, 11) is 0. The van der Waals surface area contributed by atoms with Crippen molar-refractivity contribution < 1.29 is 19.8 Å². The number of hydrogen-bond acceptors (Lipinski definition) is 3. The molecule has 0 saturated carbocycles. The molecule has 1 fully saturated rings. The first-order valence-electron chi connectivity index (χ1n) is 8.15. The second-order valence-electron chi connectivity index (χ2n) is 6.07. The molecule has 2 amide bonds. The fourth-order valence-electron chi connectivity index (χ4n) is 2.93. The Balaban J connectivity index is 1.85. The van der Waals surface area contributed by atoms with E-state index in [-0.39, 0.29) is 18.4 Å². The van der Waals surface area contributed by atoms with Gasteiger partial charge in [0.1, 0.15) is 0 Å². The van der Waals surface area contributed by atoms with Crippen LogP contribution < -0.4 is 5.32 Å². The van der Waals surface area contributed by atoms with Crippen molar-refractivity contribution in [3.63, 3.8) is 0 Å². The monoisotopic (exact) mass is 398 g/mol. The molecule has 1 aromatic carbocycles. The van der Waals surface area contributed by atoms with Gasteiger partial charge in [0, 0.05) is 36.4 Å². The Morgan fingerprint density at radius 1 is 1.33 bits per heavy atom. The zero-order valence-electron chi connectivity index (χ0n) is 13.4. The van der Waals surface area contributed by atoms with E-state index in [9.17, 15) is 14.7 Å². The summed E-state index contributed by atoms with van der Waals surface area (Å²) < 4.78 is 0.962. The number of carboxylic acid groups (broad SMARTS) is 1. The minimum Gasteiger partial charge on any atom is -0.481 e. The quantitative estimate of drug-likeness (QED) is 0.642. The number of nitrogens with one attached hydrogen (secondary N) is 1. The summed E-state index contributed by atoms with van der Waals surface area (Å²) in [5, 5.41) is 21.9. The third-order valence-electron chi connectivity index (χ3n) is 4.25. The number of rotatable bonds is 6. The first kappa shape index (κ1) is 18.7. The van der Waals surface area contributed by atoms with Crippen molar-refractivity contribution in [3.05, 3.63) is 34.3 Å². The fraction of sp³-hybridized carbons (Fsp3) is 0.529. The number of hydrogen-bond donors (Lipinski definition) is 3. The van der Waals surface area contributed by atoms with Gasteiger partial charge >= 0.3 is 12.0 Å². The van der Waals surface area contributed by atoms with Crippen LogP contribution in [-0.4, -0.2) is 46.7 Å². The molecule has 7 heteroatoms. The van der Waals surface area contributed by atoms with Gasteiger partial charge in [0.15, 0.2) is 0 Å². The molecule has 24 heavy (non-hydrogen) atoms. The van der Waals surface area contributed by atoms with E-state index in [0.29, 0.717) is 26.1 Å². The van der Waals surface area contributed by atoms with E-state index < -0.39 is 12.1 Å². The van der Waals surface area contributed by atoms with Crippen LogP contribution in [0.25, 0.3) is 0 Å². The topological polar surface area (TPSA) is 89.9 Å². The van der Waals surface area contributed by atoms with Crippen molar-refractivity contribution in [2.45, 2.75) is 31.8 Å². The molecular formula is C17H23BrN2O4. The lowest BCUT2D eigenvalue weighted by Gasteiger charge is -2.35. The molecule has 0 bridgehead atoms. The Hall–Kier alpha value is -1.60. The van der Waals surface area contributed by atoms with Crippen LogP contribution in [-0.2, 0) is 4.79 Å². The number of aliphatic hydroxyl groups excluding tert-OH is 1. The van der Waals surface area contributed by atoms with Crippen molar-refractivity contribution in [2.75, 3.05) is 19.6 Å². The van der Waals surface area contributed by atoms with Crippen LogP contribution in [0, 0.1) is 5.92 Å². The molecule has 2 rings (SSSR count). The maximum atomic E-state index is 12.2. The van der Waals surface area contributed by atoms with Gasteiger partial charge in [0.05, 0.1) is 6.10 Å². The van der Waals surface area contributed by atoms with Gasteiger partial charge in [-0.3, -0.25) is 4.79 Å². The van der Waals surface area contributed by atoms with Gasteiger partial charge in [-0.1, -0.05) is 28.1 Å². The molecule has 1 aliphatic heterocycles. The highest BCUT2D eigenvalue weighted by Gasteiger charge is 2.29. The number of carboxylic acids is 1. The minimum atomic E-state index is -0.861. The molecule has 2 unspecified atom stereocenters. The minimum absolute atomic E-state index is 0.00435. The molecular weight excluding hydrogens is 376 g/mol. The van der Waals surface area contributed by atoms with Gasteiger partial charge in [0.2, 0.25) is 0 Å². The largest absolute Gasteiger partial charge is 0.481 e. The molecule has 2 atom stereocenters. The fourth-order valence-corrected chi connectivity index (χ4v) is 3.20. The molecule has 3 N–H and O–H groups in total. The van der Waals surface area contributed by atoms with E-state index >= 15 is 0 Å². The van der Waals surface area contributed by atoms with E-state index in [1.54, 1.807) is 4.90 Å². The summed E-state index contributed by atoms with van der Waals surface area (Å²) in [6.07, 6.45) is 1.59. The Morgan fingerprint density at radius 2 is 2.04 bits per heavy atom. The number of aliphatic carboxylic acids is 1. The lowest BCUT2D eigenvalue weighted by atomic mass is 9.89. The second-order valence-corrected chi connectivity index (χ2v) is 6.99. The van der Waals surface area contributed by atoms with Crippen LogP contribution in [0.15, 0.2) is 28.7 Å². The molecule has 0 radical (unpaired) electrons. The summed E-state index contributed by atoms with van der Waals surface area (Å²) in [5.74, 6) is -0.857. The average Bonchev–Trinajstić information content (AvgIpc) is 2.58. The molecule has 0 spiro atoms. The summed E-state index contributed by atoms with van der Waals surface area (Å²) in [4.78, 5) is 24.3. The number of halogens is 1. The van der Waals surface area contributed by atoms with E-state index in [1.165, 1.54) is 0 Å². The maximum Gasteiger partial charge on any atom is 0.317 e. The van der Waals surface area contributed by atoms with Crippen LogP contribution in [0.1, 0.15) is 37.4 Å². The lowest BCUT2D eigenvalue weighted by Crippen LogP contribution is -2.46. The molecule has 132 valence electrons. The molecule has 1 aromatic rings. The Labute approximate surface area is 150 Å². The number of urea groups is 1. The average molecular weight is 399 g/mol. The van der Waals surface area contributed by atoms with Gasteiger partial charge in [-0.25, -0.2) is 4.79 Å².